The summed E-state index contributed by atoms with van der Waals surface area (Å²) in [5.41, 5.74) is 0.0308. The zero-order valence-electron chi connectivity index (χ0n) is 9.27. The molecule has 0 aromatic heterocycles. The van der Waals surface area contributed by atoms with Crippen molar-refractivity contribution in [1.82, 2.24) is 0 Å². The molecule has 0 fully saturated rings. The third-order valence-electron chi connectivity index (χ3n) is 2.38. The Kier molecular flexibility index (Phi) is 4.07. The van der Waals surface area contributed by atoms with Gasteiger partial charge in [0.2, 0.25) is 0 Å². The first-order chi connectivity index (χ1) is 7.35. The maximum Gasteiger partial charge on any atom is 0.268 e. The number of halogens is 1. The van der Waals surface area contributed by atoms with Crippen LogP contribution in [0.15, 0.2) is 23.4 Å². The van der Waals surface area contributed by atoms with E-state index >= 15 is 0 Å². The normalized spacial score (nSPS) is 21.4. The Morgan fingerprint density at radius 1 is 1.75 bits per heavy atom. The van der Waals surface area contributed by atoms with Gasteiger partial charge in [0.25, 0.3) is 5.70 Å². The quantitative estimate of drug-likeness (QED) is 0.468. The lowest BCUT2D eigenvalue weighted by atomic mass is 9.92. The molecule has 0 heterocycles. The average molecular weight is 247 g/mol. The summed E-state index contributed by atoms with van der Waals surface area (Å²) < 4.78 is 0. The molecule has 90 valence electrons. The van der Waals surface area contributed by atoms with E-state index in [4.69, 9.17) is 22.3 Å². The topological polar surface area (TPSA) is 78.4 Å². The van der Waals surface area contributed by atoms with E-state index < -0.39 is 10.5 Å². The van der Waals surface area contributed by atoms with Gasteiger partial charge in [-0.05, 0) is 26.3 Å². The third kappa shape index (κ3) is 3.30. The number of hydrogen-bond acceptors (Lipinski definition) is 4. The highest BCUT2D eigenvalue weighted by molar-refractivity contribution is 6.22. The Balaban J connectivity index is 2.90. The summed E-state index contributed by atoms with van der Waals surface area (Å²) in [7, 11) is 0. The number of alkyl halides is 1. The number of rotatable bonds is 4. The molecule has 2 N–H and O–H groups in total. The minimum atomic E-state index is -0.644. The Morgan fingerprint density at radius 2 is 2.38 bits per heavy atom. The molecule has 0 saturated carbocycles. The number of nitrogens with zero attached hydrogens (tertiary/aromatic N) is 1. The fraction of sp³-hybridized carbons (Fsp3) is 0.600. The molecule has 1 unspecified atom stereocenters. The molecule has 1 rings (SSSR count). The fourth-order valence-corrected chi connectivity index (χ4v) is 1.81. The first kappa shape index (κ1) is 13.2. The van der Waals surface area contributed by atoms with Gasteiger partial charge in [-0.1, -0.05) is 6.08 Å². The van der Waals surface area contributed by atoms with Crippen LogP contribution in [0.5, 0.6) is 0 Å². The van der Waals surface area contributed by atoms with Gasteiger partial charge in [0.1, 0.15) is 0 Å². The molecule has 0 aromatic carbocycles. The molecule has 1 atom stereocenters. The van der Waals surface area contributed by atoms with E-state index in [-0.39, 0.29) is 11.1 Å². The lowest BCUT2D eigenvalue weighted by molar-refractivity contribution is -0.421. The monoisotopic (exact) mass is 246 g/mol. The molecule has 6 heteroatoms. The highest BCUT2D eigenvalue weighted by atomic mass is 35.5. The minimum Gasteiger partial charge on any atom is -0.298 e. The van der Waals surface area contributed by atoms with Crippen LogP contribution in [0.3, 0.4) is 0 Å². The average Bonchev–Trinajstić information content (AvgIpc) is 2.16. The van der Waals surface area contributed by atoms with Crippen molar-refractivity contribution in [1.29, 1.82) is 0 Å². The van der Waals surface area contributed by atoms with Crippen molar-refractivity contribution in [3.63, 3.8) is 0 Å². The smallest absolute Gasteiger partial charge is 0.268 e. The van der Waals surface area contributed by atoms with Crippen molar-refractivity contribution in [3.05, 3.63) is 33.5 Å². The van der Waals surface area contributed by atoms with E-state index in [1.807, 2.05) is 0 Å². The van der Waals surface area contributed by atoms with Crippen molar-refractivity contribution in [2.45, 2.75) is 37.7 Å². The highest BCUT2D eigenvalue weighted by Crippen LogP contribution is 2.29. The van der Waals surface area contributed by atoms with Crippen LogP contribution in [0.1, 0.15) is 26.7 Å². The van der Waals surface area contributed by atoms with Gasteiger partial charge in [-0.25, -0.2) is 5.90 Å². The predicted molar refractivity (Wildman–Crippen MR) is 61.4 cm³/mol. The van der Waals surface area contributed by atoms with E-state index in [2.05, 4.69) is 0 Å². The van der Waals surface area contributed by atoms with Gasteiger partial charge in [0, 0.05) is 12.0 Å². The lowest BCUT2D eigenvalue weighted by Crippen LogP contribution is -2.30. The van der Waals surface area contributed by atoms with Gasteiger partial charge in [0.05, 0.1) is 15.9 Å². The zero-order chi connectivity index (χ0) is 12.3. The van der Waals surface area contributed by atoms with Crippen LogP contribution >= 0.6 is 11.6 Å². The fourth-order valence-electron chi connectivity index (χ4n) is 1.57. The number of allylic oxidation sites excluding steroid dienone is 3. The molecule has 0 aliphatic heterocycles. The Bertz CT molecular complexity index is 350. The summed E-state index contributed by atoms with van der Waals surface area (Å²) in [5, 5.41) is 10.6. The molecular formula is C10H15ClN2O3. The Hall–Kier alpha value is -0.910. The number of nitro groups is 1. The van der Waals surface area contributed by atoms with Crippen molar-refractivity contribution in [3.8, 4) is 0 Å². The van der Waals surface area contributed by atoms with Crippen molar-refractivity contribution < 1.29 is 9.76 Å². The van der Waals surface area contributed by atoms with Crippen LogP contribution < -0.4 is 5.90 Å². The second-order valence-electron chi connectivity index (χ2n) is 4.34. The predicted octanol–water partition coefficient (Wildman–Crippen LogP) is 2.14. The maximum atomic E-state index is 10.8. The number of nitrogens with two attached hydrogens (primary N) is 1. The Labute approximate surface area is 99.0 Å². The van der Waals surface area contributed by atoms with Gasteiger partial charge < -0.3 is 0 Å². The van der Waals surface area contributed by atoms with Crippen LogP contribution in [0.4, 0.5) is 0 Å². The standard InChI is InChI=1S/C10H15ClN2O3/c1-10(2,16-12)6-7-5-8(11)3-4-9(7)13(14)15/h4-5,8H,3,6,12H2,1-2H3. The van der Waals surface area contributed by atoms with E-state index in [0.717, 1.165) is 0 Å². The summed E-state index contributed by atoms with van der Waals surface area (Å²) in [6, 6.07) is 0. The second-order valence-corrected chi connectivity index (χ2v) is 4.90. The zero-order valence-corrected chi connectivity index (χ0v) is 10.0. The summed E-state index contributed by atoms with van der Waals surface area (Å²) in [5.74, 6) is 5.13. The van der Waals surface area contributed by atoms with Crippen molar-refractivity contribution in [2.75, 3.05) is 0 Å². The van der Waals surface area contributed by atoms with E-state index in [1.54, 1.807) is 26.0 Å². The van der Waals surface area contributed by atoms with Gasteiger partial charge in [-0.15, -0.1) is 11.6 Å². The van der Waals surface area contributed by atoms with Crippen molar-refractivity contribution in [2.24, 2.45) is 5.90 Å². The molecule has 16 heavy (non-hydrogen) atoms. The summed E-state index contributed by atoms with van der Waals surface area (Å²) in [6.07, 6.45) is 4.07. The molecule has 1 aliphatic carbocycles. The minimum absolute atomic E-state index is 0.0991. The molecular weight excluding hydrogens is 232 g/mol. The molecule has 0 aromatic rings. The summed E-state index contributed by atoms with van der Waals surface area (Å²) in [4.78, 5) is 15.2. The van der Waals surface area contributed by atoms with Gasteiger partial charge in [-0.3, -0.25) is 15.0 Å². The lowest BCUT2D eigenvalue weighted by Gasteiger charge is -2.23. The molecule has 5 nitrogen and oxygen atoms in total. The van der Waals surface area contributed by atoms with Gasteiger partial charge in [-0.2, -0.15) is 0 Å². The van der Waals surface area contributed by atoms with Gasteiger partial charge >= 0.3 is 0 Å². The highest BCUT2D eigenvalue weighted by Gasteiger charge is 2.29. The van der Waals surface area contributed by atoms with Crippen LogP contribution in [0.2, 0.25) is 0 Å². The largest absolute Gasteiger partial charge is 0.298 e. The molecule has 1 aliphatic rings. The van der Waals surface area contributed by atoms with Crippen LogP contribution in [0, 0.1) is 10.1 Å². The molecule has 0 saturated heterocycles. The first-order valence-electron chi connectivity index (χ1n) is 4.93. The molecule has 0 radical (unpaired) electrons. The second kappa shape index (κ2) is 4.95. The van der Waals surface area contributed by atoms with E-state index in [1.165, 1.54) is 0 Å². The van der Waals surface area contributed by atoms with Crippen LogP contribution in [-0.2, 0) is 4.84 Å². The SMILES string of the molecule is CC(C)(CC1=CC(Cl)CC=C1[N+](=O)[O-])ON. The molecule has 0 bridgehead atoms. The van der Waals surface area contributed by atoms with E-state index in [9.17, 15) is 10.1 Å². The summed E-state index contributed by atoms with van der Waals surface area (Å²) in [6.45, 7) is 3.53. The summed E-state index contributed by atoms with van der Waals surface area (Å²) >= 11 is 5.94. The number of hydrogen-bond donors (Lipinski definition) is 1. The maximum absolute atomic E-state index is 10.8. The first-order valence-corrected chi connectivity index (χ1v) is 5.37. The van der Waals surface area contributed by atoms with Crippen molar-refractivity contribution >= 4 is 11.6 Å². The molecule has 0 amide bonds. The Morgan fingerprint density at radius 3 is 2.88 bits per heavy atom. The van der Waals surface area contributed by atoms with Crippen LogP contribution in [-0.4, -0.2) is 15.9 Å². The van der Waals surface area contributed by atoms with Crippen LogP contribution in [0.25, 0.3) is 0 Å². The third-order valence-corrected chi connectivity index (χ3v) is 2.68. The van der Waals surface area contributed by atoms with E-state index in [0.29, 0.717) is 18.4 Å². The molecule has 0 spiro atoms. The van der Waals surface area contributed by atoms with Gasteiger partial charge in [0.15, 0.2) is 0 Å².